The fourth-order valence-corrected chi connectivity index (χ4v) is 1.06. The van der Waals surface area contributed by atoms with Gasteiger partial charge in [0.05, 0.1) is 11.6 Å². The smallest absolute Gasteiger partial charge is 0.302 e. The Labute approximate surface area is 88.6 Å². The van der Waals surface area contributed by atoms with Crippen LogP contribution in [0.5, 0.6) is 0 Å². The van der Waals surface area contributed by atoms with Crippen LogP contribution in [0, 0.1) is 11.3 Å². The monoisotopic (exact) mass is 201 g/mol. The summed E-state index contributed by atoms with van der Waals surface area (Å²) in [5.41, 5.74) is 1.53. The Morgan fingerprint density at radius 3 is 3.07 bits per heavy atom. The number of nitrogens with zero attached hydrogens (tertiary/aromatic N) is 1. The molecule has 15 heavy (non-hydrogen) atoms. The van der Waals surface area contributed by atoms with Crippen LogP contribution in [0.1, 0.15) is 18.1 Å². The Bertz CT molecular complexity index is 416. The minimum absolute atomic E-state index is 0.256. The van der Waals surface area contributed by atoms with Gasteiger partial charge in [0.1, 0.15) is 6.61 Å². The van der Waals surface area contributed by atoms with E-state index in [9.17, 15) is 4.79 Å². The highest BCUT2D eigenvalue weighted by Gasteiger charge is 1.91. The third kappa shape index (κ3) is 4.10. The molecule has 0 aromatic heterocycles. The average Bonchev–Trinajstić information content (AvgIpc) is 2.24. The first kappa shape index (κ1) is 11.0. The van der Waals surface area contributed by atoms with Crippen LogP contribution in [0.15, 0.2) is 30.3 Å². The van der Waals surface area contributed by atoms with E-state index in [4.69, 9.17) is 10.00 Å². The third-order valence-corrected chi connectivity index (χ3v) is 1.71. The van der Waals surface area contributed by atoms with Crippen LogP contribution in [0.3, 0.4) is 0 Å². The fourth-order valence-electron chi connectivity index (χ4n) is 1.06. The second kappa shape index (κ2) is 5.61. The van der Waals surface area contributed by atoms with Crippen molar-refractivity contribution in [1.82, 2.24) is 0 Å². The maximum atomic E-state index is 10.5. The molecule has 0 saturated heterocycles. The van der Waals surface area contributed by atoms with Gasteiger partial charge in [-0.25, -0.2) is 0 Å². The van der Waals surface area contributed by atoms with Gasteiger partial charge in [-0.1, -0.05) is 18.2 Å². The van der Waals surface area contributed by atoms with Crippen molar-refractivity contribution in [2.24, 2.45) is 0 Å². The number of ether oxygens (including phenoxy) is 1. The molecule has 0 fully saturated rings. The van der Waals surface area contributed by atoms with Gasteiger partial charge in [-0.3, -0.25) is 4.79 Å². The second-order valence-corrected chi connectivity index (χ2v) is 2.94. The zero-order valence-corrected chi connectivity index (χ0v) is 8.43. The second-order valence-electron chi connectivity index (χ2n) is 2.94. The Morgan fingerprint density at radius 2 is 2.40 bits per heavy atom. The van der Waals surface area contributed by atoms with E-state index < -0.39 is 0 Å². The van der Waals surface area contributed by atoms with Crippen LogP contribution >= 0.6 is 0 Å². The Kier molecular flexibility index (Phi) is 4.11. The Balaban J connectivity index is 2.57. The van der Waals surface area contributed by atoms with Crippen molar-refractivity contribution >= 4 is 12.0 Å². The lowest BCUT2D eigenvalue weighted by Crippen LogP contribution is -1.97. The molecule has 3 heteroatoms. The summed E-state index contributed by atoms with van der Waals surface area (Å²) in [5, 5.41) is 8.66. The zero-order valence-electron chi connectivity index (χ0n) is 8.43. The van der Waals surface area contributed by atoms with Crippen molar-refractivity contribution in [3.8, 4) is 6.07 Å². The summed E-state index contributed by atoms with van der Waals surface area (Å²) in [6, 6.07) is 9.25. The maximum Gasteiger partial charge on any atom is 0.302 e. The van der Waals surface area contributed by atoms with Gasteiger partial charge in [0.25, 0.3) is 0 Å². The molecule has 3 nitrogen and oxygen atoms in total. The van der Waals surface area contributed by atoms with Crippen molar-refractivity contribution < 1.29 is 9.53 Å². The van der Waals surface area contributed by atoms with Crippen molar-refractivity contribution in [2.75, 3.05) is 6.61 Å². The number of esters is 1. The Hall–Kier alpha value is -2.08. The summed E-state index contributed by atoms with van der Waals surface area (Å²) in [4.78, 5) is 10.5. The molecule has 0 spiro atoms. The lowest BCUT2D eigenvalue weighted by Gasteiger charge is -1.96. The average molecular weight is 201 g/mol. The lowest BCUT2D eigenvalue weighted by molar-refractivity contribution is -0.139. The van der Waals surface area contributed by atoms with Crippen LogP contribution in [0.2, 0.25) is 0 Å². The van der Waals surface area contributed by atoms with Gasteiger partial charge < -0.3 is 4.74 Å². The molecule has 0 amide bonds. The minimum atomic E-state index is -0.301. The van der Waals surface area contributed by atoms with Crippen molar-refractivity contribution in [1.29, 1.82) is 5.26 Å². The molecule has 1 aromatic rings. The Morgan fingerprint density at radius 1 is 1.60 bits per heavy atom. The summed E-state index contributed by atoms with van der Waals surface area (Å²) in [5.74, 6) is -0.301. The van der Waals surface area contributed by atoms with Crippen LogP contribution in [0.25, 0.3) is 6.08 Å². The number of hydrogen-bond acceptors (Lipinski definition) is 3. The summed E-state index contributed by atoms with van der Waals surface area (Å²) in [6.07, 6.45) is 3.54. The SMILES string of the molecule is CC(=O)OC/C=C/c1cccc(C#N)c1. The third-order valence-electron chi connectivity index (χ3n) is 1.71. The van der Waals surface area contributed by atoms with Crippen LogP contribution in [0.4, 0.5) is 0 Å². The van der Waals surface area contributed by atoms with E-state index in [0.29, 0.717) is 5.56 Å². The van der Waals surface area contributed by atoms with E-state index in [-0.39, 0.29) is 12.6 Å². The molecule has 76 valence electrons. The number of carbonyl (C=O) groups excluding carboxylic acids is 1. The first-order valence-electron chi connectivity index (χ1n) is 4.52. The maximum absolute atomic E-state index is 10.5. The summed E-state index contributed by atoms with van der Waals surface area (Å²) in [6.45, 7) is 1.62. The van der Waals surface area contributed by atoms with Gasteiger partial charge in [0.15, 0.2) is 0 Å². The van der Waals surface area contributed by atoms with Crippen LogP contribution in [-0.4, -0.2) is 12.6 Å². The molecule has 0 aliphatic rings. The topological polar surface area (TPSA) is 50.1 Å². The molecule has 1 rings (SSSR count). The highest BCUT2D eigenvalue weighted by atomic mass is 16.5. The first-order valence-corrected chi connectivity index (χ1v) is 4.52. The van der Waals surface area contributed by atoms with Gasteiger partial charge >= 0.3 is 5.97 Å². The molecular formula is C12H11NO2. The number of benzene rings is 1. The molecule has 0 bridgehead atoms. The molecule has 0 saturated carbocycles. The fraction of sp³-hybridized carbons (Fsp3) is 0.167. The normalized spacial score (nSPS) is 9.87. The van der Waals surface area contributed by atoms with E-state index in [1.807, 2.05) is 18.2 Å². The highest BCUT2D eigenvalue weighted by Crippen LogP contribution is 2.05. The quantitative estimate of drug-likeness (QED) is 0.704. The predicted octanol–water partition coefficient (Wildman–Crippen LogP) is 2.13. The van der Waals surface area contributed by atoms with Crippen LogP contribution < -0.4 is 0 Å². The standard InChI is InChI=1S/C12H11NO2/c1-10(14)15-7-3-6-11-4-2-5-12(8-11)9-13/h2-6,8H,7H2,1H3/b6-3+. The molecule has 0 radical (unpaired) electrons. The summed E-state index contributed by atoms with van der Waals surface area (Å²) >= 11 is 0. The highest BCUT2D eigenvalue weighted by molar-refractivity contribution is 5.66. The molecule has 0 unspecified atom stereocenters. The number of carbonyl (C=O) groups is 1. The number of hydrogen-bond donors (Lipinski definition) is 0. The molecule has 0 atom stereocenters. The molecule has 0 aliphatic heterocycles. The molecule has 0 aliphatic carbocycles. The van der Waals surface area contributed by atoms with Crippen molar-refractivity contribution in [3.05, 3.63) is 41.5 Å². The summed E-state index contributed by atoms with van der Waals surface area (Å²) < 4.78 is 4.73. The van der Waals surface area contributed by atoms with Gasteiger partial charge in [0, 0.05) is 6.92 Å². The molecule has 0 heterocycles. The van der Waals surface area contributed by atoms with E-state index in [2.05, 4.69) is 6.07 Å². The van der Waals surface area contributed by atoms with E-state index in [1.54, 1.807) is 18.2 Å². The van der Waals surface area contributed by atoms with Gasteiger partial charge in [-0.15, -0.1) is 0 Å². The van der Waals surface area contributed by atoms with E-state index >= 15 is 0 Å². The van der Waals surface area contributed by atoms with E-state index in [1.165, 1.54) is 6.92 Å². The van der Waals surface area contributed by atoms with E-state index in [0.717, 1.165) is 5.56 Å². The summed E-state index contributed by atoms with van der Waals surface area (Å²) in [7, 11) is 0. The first-order chi connectivity index (χ1) is 7.22. The zero-order chi connectivity index (χ0) is 11.1. The van der Waals surface area contributed by atoms with Crippen LogP contribution in [-0.2, 0) is 9.53 Å². The van der Waals surface area contributed by atoms with Crippen molar-refractivity contribution in [2.45, 2.75) is 6.92 Å². The van der Waals surface area contributed by atoms with Gasteiger partial charge in [-0.05, 0) is 23.8 Å². The predicted molar refractivity (Wildman–Crippen MR) is 56.8 cm³/mol. The largest absolute Gasteiger partial charge is 0.462 e. The van der Waals surface area contributed by atoms with Crippen molar-refractivity contribution in [3.63, 3.8) is 0 Å². The number of nitriles is 1. The molecular weight excluding hydrogens is 190 g/mol. The molecule has 1 aromatic carbocycles. The van der Waals surface area contributed by atoms with Gasteiger partial charge in [0.2, 0.25) is 0 Å². The van der Waals surface area contributed by atoms with Gasteiger partial charge in [-0.2, -0.15) is 5.26 Å². The lowest BCUT2D eigenvalue weighted by atomic mass is 10.1. The minimum Gasteiger partial charge on any atom is -0.462 e. The number of rotatable bonds is 3. The molecule has 0 N–H and O–H groups in total.